The van der Waals surface area contributed by atoms with Gasteiger partial charge < -0.3 is 5.73 Å². The number of benzene rings is 1. The van der Waals surface area contributed by atoms with Crippen molar-refractivity contribution in [1.29, 1.82) is 0 Å². The first kappa shape index (κ1) is 10.6. The summed E-state index contributed by atoms with van der Waals surface area (Å²) in [4.78, 5) is 0. The van der Waals surface area contributed by atoms with Crippen molar-refractivity contribution >= 4 is 26.8 Å². The fraction of sp³-hybridized carbons (Fsp3) is 0.364. The molecule has 0 fully saturated rings. The first-order valence-corrected chi connectivity index (χ1v) is 5.80. The average molecular weight is 268 g/mol. The van der Waals surface area contributed by atoms with E-state index in [0.717, 1.165) is 21.1 Å². The van der Waals surface area contributed by atoms with Gasteiger partial charge in [-0.1, -0.05) is 22.0 Å². The topological polar surface area (TPSA) is 43.8 Å². The van der Waals surface area contributed by atoms with Gasteiger partial charge in [0.05, 0.1) is 11.2 Å². The van der Waals surface area contributed by atoms with Crippen molar-refractivity contribution in [3.63, 3.8) is 0 Å². The van der Waals surface area contributed by atoms with E-state index < -0.39 is 0 Å². The van der Waals surface area contributed by atoms with Gasteiger partial charge in [0.25, 0.3) is 0 Å². The number of fused-ring (bicyclic) bond motifs is 1. The third-order valence-electron chi connectivity index (χ3n) is 2.45. The molecule has 0 aliphatic rings. The number of rotatable bonds is 2. The summed E-state index contributed by atoms with van der Waals surface area (Å²) in [5, 5.41) is 5.68. The summed E-state index contributed by atoms with van der Waals surface area (Å²) >= 11 is 3.54. The van der Waals surface area contributed by atoms with Crippen LogP contribution in [0.3, 0.4) is 0 Å². The van der Waals surface area contributed by atoms with Gasteiger partial charge in [-0.2, -0.15) is 5.10 Å². The van der Waals surface area contributed by atoms with E-state index in [1.807, 2.05) is 22.9 Å². The zero-order valence-electron chi connectivity index (χ0n) is 8.87. The highest BCUT2D eigenvalue weighted by Crippen LogP contribution is 2.28. The van der Waals surface area contributed by atoms with Crippen LogP contribution in [0.15, 0.2) is 22.7 Å². The van der Waals surface area contributed by atoms with Crippen LogP contribution in [-0.2, 0) is 6.54 Å². The normalized spacial score (nSPS) is 11.5. The van der Waals surface area contributed by atoms with Gasteiger partial charge in [-0.25, -0.2) is 0 Å². The molecular formula is C11H14BrN3. The van der Waals surface area contributed by atoms with E-state index in [1.165, 1.54) is 0 Å². The summed E-state index contributed by atoms with van der Waals surface area (Å²) in [5.41, 5.74) is 7.88. The summed E-state index contributed by atoms with van der Waals surface area (Å²) in [6, 6.07) is 6.36. The van der Waals surface area contributed by atoms with Crippen molar-refractivity contribution in [3.05, 3.63) is 28.4 Å². The number of nitrogens with two attached hydrogens (primary N) is 1. The minimum Gasteiger partial charge on any atom is -0.325 e. The largest absolute Gasteiger partial charge is 0.325 e. The quantitative estimate of drug-likeness (QED) is 0.910. The van der Waals surface area contributed by atoms with Crippen LogP contribution in [0.2, 0.25) is 0 Å². The minimum atomic E-state index is 0.336. The molecule has 0 amide bonds. The first-order chi connectivity index (χ1) is 7.15. The molecule has 2 aromatic rings. The van der Waals surface area contributed by atoms with Crippen LogP contribution in [0.25, 0.3) is 10.9 Å². The zero-order chi connectivity index (χ0) is 11.0. The van der Waals surface area contributed by atoms with Crippen LogP contribution in [0.5, 0.6) is 0 Å². The molecule has 1 heterocycles. The maximum Gasteiger partial charge on any atom is 0.0938 e. The highest BCUT2D eigenvalue weighted by Gasteiger charge is 2.13. The third kappa shape index (κ3) is 1.68. The predicted molar refractivity (Wildman–Crippen MR) is 65.7 cm³/mol. The lowest BCUT2D eigenvalue weighted by molar-refractivity contribution is 0.515. The van der Waals surface area contributed by atoms with Crippen LogP contribution in [0.1, 0.15) is 25.6 Å². The fourth-order valence-electron chi connectivity index (χ4n) is 1.80. The molecule has 15 heavy (non-hydrogen) atoms. The van der Waals surface area contributed by atoms with Crippen molar-refractivity contribution in [2.45, 2.75) is 26.4 Å². The molecule has 2 N–H and O–H groups in total. The Morgan fingerprint density at radius 3 is 2.80 bits per heavy atom. The lowest BCUT2D eigenvalue weighted by Crippen LogP contribution is -2.10. The Bertz CT molecular complexity index is 488. The second-order valence-electron chi connectivity index (χ2n) is 3.82. The predicted octanol–water partition coefficient (Wildman–Crippen LogP) is 2.84. The summed E-state index contributed by atoms with van der Waals surface area (Å²) < 4.78 is 3.06. The Morgan fingerprint density at radius 2 is 2.20 bits per heavy atom. The van der Waals surface area contributed by atoms with E-state index in [2.05, 4.69) is 34.9 Å². The lowest BCUT2D eigenvalue weighted by atomic mass is 10.2. The molecule has 2 rings (SSSR count). The highest BCUT2D eigenvalue weighted by atomic mass is 79.9. The van der Waals surface area contributed by atoms with Crippen molar-refractivity contribution in [1.82, 2.24) is 9.78 Å². The van der Waals surface area contributed by atoms with E-state index in [-0.39, 0.29) is 0 Å². The molecule has 4 heteroatoms. The Morgan fingerprint density at radius 1 is 1.47 bits per heavy atom. The van der Waals surface area contributed by atoms with E-state index in [1.54, 1.807) is 0 Å². The molecule has 0 saturated heterocycles. The first-order valence-electron chi connectivity index (χ1n) is 5.00. The van der Waals surface area contributed by atoms with Crippen LogP contribution < -0.4 is 5.73 Å². The third-order valence-corrected chi connectivity index (χ3v) is 3.12. The monoisotopic (exact) mass is 267 g/mol. The number of aromatic nitrogens is 2. The molecule has 0 radical (unpaired) electrons. The Labute approximate surface area is 97.4 Å². The van der Waals surface area contributed by atoms with Gasteiger partial charge in [0, 0.05) is 22.4 Å². The second kappa shape index (κ2) is 3.94. The second-order valence-corrected chi connectivity index (χ2v) is 4.68. The molecule has 80 valence electrons. The van der Waals surface area contributed by atoms with Gasteiger partial charge in [-0.3, -0.25) is 4.68 Å². The summed E-state index contributed by atoms with van der Waals surface area (Å²) in [5.74, 6) is 0. The molecule has 0 unspecified atom stereocenters. The molecule has 0 bridgehead atoms. The van der Waals surface area contributed by atoms with Gasteiger partial charge in [0.15, 0.2) is 0 Å². The number of nitrogens with zero attached hydrogens (tertiary/aromatic N) is 2. The molecular weight excluding hydrogens is 254 g/mol. The maximum atomic E-state index is 5.79. The van der Waals surface area contributed by atoms with Crippen molar-refractivity contribution < 1.29 is 0 Å². The van der Waals surface area contributed by atoms with Crippen LogP contribution in [0, 0.1) is 0 Å². The van der Waals surface area contributed by atoms with E-state index >= 15 is 0 Å². The fourth-order valence-corrected chi connectivity index (χ4v) is 2.38. The standard InChI is InChI=1S/C11H14BrN3/c1-7(2)15-10(6-13)11-8(12)4-3-5-9(11)14-15/h3-5,7H,6,13H2,1-2H3. The Balaban J connectivity index is 2.80. The number of hydrogen-bond acceptors (Lipinski definition) is 2. The van der Waals surface area contributed by atoms with Crippen LogP contribution >= 0.6 is 15.9 Å². The lowest BCUT2D eigenvalue weighted by Gasteiger charge is -2.09. The molecule has 1 aromatic heterocycles. The van der Waals surface area contributed by atoms with Crippen LogP contribution in [-0.4, -0.2) is 9.78 Å². The molecule has 3 nitrogen and oxygen atoms in total. The molecule has 1 aromatic carbocycles. The van der Waals surface area contributed by atoms with Gasteiger partial charge in [0.1, 0.15) is 0 Å². The van der Waals surface area contributed by atoms with Gasteiger partial charge in [-0.05, 0) is 26.0 Å². The Hall–Kier alpha value is -0.870. The van der Waals surface area contributed by atoms with Crippen molar-refractivity contribution in [2.75, 3.05) is 0 Å². The van der Waals surface area contributed by atoms with E-state index in [4.69, 9.17) is 5.73 Å². The van der Waals surface area contributed by atoms with E-state index in [9.17, 15) is 0 Å². The molecule has 0 aliphatic carbocycles. The summed E-state index contributed by atoms with van der Waals surface area (Å²) in [7, 11) is 0. The SMILES string of the molecule is CC(C)n1nc2cccc(Br)c2c1CN. The molecule has 0 aliphatic heterocycles. The molecule has 0 spiro atoms. The Kier molecular flexibility index (Phi) is 2.80. The van der Waals surface area contributed by atoms with Gasteiger partial charge >= 0.3 is 0 Å². The number of halogens is 1. The van der Waals surface area contributed by atoms with Gasteiger partial charge in [-0.15, -0.1) is 0 Å². The zero-order valence-corrected chi connectivity index (χ0v) is 10.5. The minimum absolute atomic E-state index is 0.336. The summed E-state index contributed by atoms with van der Waals surface area (Å²) in [6.45, 7) is 4.73. The number of hydrogen-bond donors (Lipinski definition) is 1. The molecule has 0 saturated carbocycles. The van der Waals surface area contributed by atoms with Gasteiger partial charge in [0.2, 0.25) is 0 Å². The highest BCUT2D eigenvalue weighted by molar-refractivity contribution is 9.10. The van der Waals surface area contributed by atoms with Crippen molar-refractivity contribution in [3.8, 4) is 0 Å². The summed E-state index contributed by atoms with van der Waals surface area (Å²) in [6.07, 6.45) is 0. The van der Waals surface area contributed by atoms with E-state index in [0.29, 0.717) is 12.6 Å². The van der Waals surface area contributed by atoms with Crippen molar-refractivity contribution in [2.24, 2.45) is 5.73 Å². The smallest absolute Gasteiger partial charge is 0.0938 e. The molecule has 0 atom stereocenters. The van der Waals surface area contributed by atoms with Crippen LogP contribution in [0.4, 0.5) is 0 Å². The maximum absolute atomic E-state index is 5.79. The average Bonchev–Trinajstić information content (AvgIpc) is 2.57.